The van der Waals surface area contributed by atoms with E-state index in [2.05, 4.69) is 0 Å². The fourth-order valence-corrected chi connectivity index (χ4v) is 4.89. The smallest absolute Gasteiger partial charge is 0.340 e. The fraction of sp³-hybridized carbons (Fsp3) is 0.435. The molecule has 0 heterocycles. The number of carbonyl (C=O) groups is 1. The number of halogens is 1. The molecule has 1 atom stereocenters. The largest absolute Gasteiger partial charge is 0.379 e. The first-order valence-corrected chi connectivity index (χ1v) is 11.9. The summed E-state index contributed by atoms with van der Waals surface area (Å²) in [5, 5.41) is 0.119. The van der Waals surface area contributed by atoms with E-state index in [0.717, 1.165) is 12.0 Å². The number of amides is 1. The summed E-state index contributed by atoms with van der Waals surface area (Å²) in [6.45, 7) is 10.2. The van der Waals surface area contributed by atoms with Crippen molar-refractivity contribution < 1.29 is 17.4 Å². The summed E-state index contributed by atoms with van der Waals surface area (Å²) >= 11 is 6.10. The van der Waals surface area contributed by atoms with Crippen molar-refractivity contribution in [2.75, 3.05) is 0 Å². The van der Waals surface area contributed by atoms with Gasteiger partial charge in [0, 0.05) is 19.0 Å². The molecule has 2 aromatic carbocycles. The van der Waals surface area contributed by atoms with E-state index in [9.17, 15) is 13.2 Å². The third kappa shape index (κ3) is 6.22. The lowest BCUT2D eigenvalue weighted by Crippen LogP contribution is -2.38. The second-order valence-corrected chi connectivity index (χ2v) is 9.84. The summed E-state index contributed by atoms with van der Waals surface area (Å²) in [6, 6.07) is 11.8. The van der Waals surface area contributed by atoms with Gasteiger partial charge in [0.15, 0.2) is 0 Å². The Morgan fingerprint density at radius 3 is 2.40 bits per heavy atom. The first kappa shape index (κ1) is 24.2. The van der Waals surface area contributed by atoms with E-state index < -0.39 is 10.1 Å². The molecule has 7 heteroatoms. The third-order valence-corrected chi connectivity index (χ3v) is 6.78. The number of aryl methyl sites for hydroxylation is 1. The van der Waals surface area contributed by atoms with Crippen LogP contribution in [0.1, 0.15) is 51.7 Å². The highest BCUT2D eigenvalue weighted by Crippen LogP contribution is 2.28. The van der Waals surface area contributed by atoms with Gasteiger partial charge in [-0.3, -0.25) is 4.79 Å². The summed E-state index contributed by atoms with van der Waals surface area (Å²) in [4.78, 5) is 14.5. The van der Waals surface area contributed by atoms with Crippen LogP contribution >= 0.6 is 11.6 Å². The Bertz CT molecular complexity index is 968. The molecule has 0 N–H and O–H groups in total. The Kier molecular flexibility index (Phi) is 8.33. The fourth-order valence-electron chi connectivity index (χ4n) is 3.17. The maximum Gasteiger partial charge on any atom is 0.340 e. The third-order valence-electron chi connectivity index (χ3n) is 4.90. The molecule has 0 fully saturated rings. The standard InChI is InChI=1S/C23H30ClNO4S/c1-6-18(5)25(22(26)13-16(2)3)15-19-10-8-11-20(14-19)29-30(27,28)23-17(4)9-7-12-21(23)24/h7-12,14,16,18H,6,13,15H2,1-5H3/t18-/m0/s1. The molecular weight excluding hydrogens is 422 g/mol. The monoisotopic (exact) mass is 451 g/mol. The lowest BCUT2D eigenvalue weighted by Gasteiger charge is -2.29. The summed E-state index contributed by atoms with van der Waals surface area (Å²) in [7, 11) is -4.09. The first-order chi connectivity index (χ1) is 14.0. The highest BCUT2D eigenvalue weighted by atomic mass is 35.5. The Labute approximate surface area is 185 Å². The van der Waals surface area contributed by atoms with E-state index in [1.54, 1.807) is 37.3 Å². The molecule has 0 aliphatic rings. The molecule has 0 aliphatic heterocycles. The first-order valence-electron chi connectivity index (χ1n) is 10.1. The minimum absolute atomic E-state index is 0.0367. The van der Waals surface area contributed by atoms with Gasteiger partial charge in [-0.05, 0) is 55.5 Å². The van der Waals surface area contributed by atoms with Gasteiger partial charge >= 0.3 is 10.1 Å². The van der Waals surface area contributed by atoms with Gasteiger partial charge in [0.2, 0.25) is 5.91 Å². The lowest BCUT2D eigenvalue weighted by molar-refractivity contribution is -0.134. The number of hydrogen-bond donors (Lipinski definition) is 0. The summed E-state index contributed by atoms with van der Waals surface area (Å²) < 4.78 is 30.9. The maximum absolute atomic E-state index is 12.8. The van der Waals surface area contributed by atoms with Crippen molar-refractivity contribution in [2.24, 2.45) is 5.92 Å². The molecule has 0 saturated carbocycles. The Hall–Kier alpha value is -2.05. The van der Waals surface area contributed by atoms with Gasteiger partial charge in [-0.15, -0.1) is 0 Å². The normalized spacial score (nSPS) is 12.6. The van der Waals surface area contributed by atoms with Gasteiger partial charge < -0.3 is 9.08 Å². The van der Waals surface area contributed by atoms with Crippen molar-refractivity contribution in [1.82, 2.24) is 4.90 Å². The van der Waals surface area contributed by atoms with Crippen molar-refractivity contribution in [3.8, 4) is 5.75 Å². The Balaban J connectivity index is 2.27. The molecule has 164 valence electrons. The van der Waals surface area contributed by atoms with Crippen LogP contribution in [0.3, 0.4) is 0 Å². The van der Waals surface area contributed by atoms with Crippen LogP contribution < -0.4 is 4.18 Å². The summed E-state index contributed by atoms with van der Waals surface area (Å²) in [5.74, 6) is 0.542. The maximum atomic E-state index is 12.8. The predicted octanol–water partition coefficient (Wildman–Crippen LogP) is 5.59. The van der Waals surface area contributed by atoms with Crippen molar-refractivity contribution in [2.45, 2.75) is 64.9 Å². The van der Waals surface area contributed by atoms with Crippen molar-refractivity contribution in [3.05, 3.63) is 58.6 Å². The van der Waals surface area contributed by atoms with Crippen LogP contribution in [0.25, 0.3) is 0 Å². The second-order valence-electron chi connectivity index (χ2n) is 7.95. The molecule has 0 unspecified atom stereocenters. The van der Waals surface area contributed by atoms with Crippen molar-refractivity contribution in [1.29, 1.82) is 0 Å². The molecule has 2 rings (SSSR count). The Morgan fingerprint density at radius 1 is 1.13 bits per heavy atom. The zero-order valence-electron chi connectivity index (χ0n) is 18.2. The van der Waals surface area contributed by atoms with Gasteiger partial charge in [-0.1, -0.05) is 56.6 Å². The molecule has 0 aromatic heterocycles. The molecule has 5 nitrogen and oxygen atoms in total. The molecule has 0 radical (unpaired) electrons. The highest BCUT2D eigenvalue weighted by Gasteiger charge is 2.24. The zero-order valence-corrected chi connectivity index (χ0v) is 19.8. The van der Waals surface area contributed by atoms with Crippen LogP contribution in [-0.2, 0) is 21.5 Å². The van der Waals surface area contributed by atoms with E-state index in [1.165, 1.54) is 6.07 Å². The molecule has 2 aromatic rings. The van der Waals surface area contributed by atoms with E-state index in [1.807, 2.05) is 38.7 Å². The van der Waals surface area contributed by atoms with Crippen LogP contribution in [0, 0.1) is 12.8 Å². The molecule has 0 spiro atoms. The van der Waals surface area contributed by atoms with Gasteiger partial charge in [-0.2, -0.15) is 8.42 Å². The lowest BCUT2D eigenvalue weighted by atomic mass is 10.1. The van der Waals surface area contributed by atoms with Crippen molar-refractivity contribution in [3.63, 3.8) is 0 Å². The predicted molar refractivity (Wildman–Crippen MR) is 120 cm³/mol. The van der Waals surface area contributed by atoms with Gasteiger partial charge in [0.25, 0.3) is 0 Å². The highest BCUT2D eigenvalue weighted by molar-refractivity contribution is 7.87. The number of hydrogen-bond acceptors (Lipinski definition) is 4. The van der Waals surface area contributed by atoms with E-state index in [4.69, 9.17) is 15.8 Å². The van der Waals surface area contributed by atoms with E-state index in [-0.39, 0.29) is 33.5 Å². The zero-order chi connectivity index (χ0) is 22.5. The average molecular weight is 452 g/mol. The van der Waals surface area contributed by atoms with E-state index >= 15 is 0 Å². The molecule has 0 aliphatic carbocycles. The average Bonchev–Trinajstić information content (AvgIpc) is 2.64. The molecular formula is C23H30ClNO4S. The van der Waals surface area contributed by atoms with Crippen LogP contribution in [-0.4, -0.2) is 25.3 Å². The van der Waals surface area contributed by atoms with Crippen LogP contribution in [0.2, 0.25) is 5.02 Å². The van der Waals surface area contributed by atoms with Gasteiger partial charge in [0.1, 0.15) is 10.6 Å². The van der Waals surface area contributed by atoms with E-state index in [0.29, 0.717) is 18.5 Å². The van der Waals surface area contributed by atoms with Gasteiger partial charge in [0.05, 0.1) is 5.02 Å². The Morgan fingerprint density at radius 2 is 1.80 bits per heavy atom. The minimum Gasteiger partial charge on any atom is -0.379 e. The molecule has 1 amide bonds. The minimum atomic E-state index is -4.09. The molecule has 0 saturated heterocycles. The number of nitrogens with zero attached hydrogens (tertiary/aromatic N) is 1. The number of carbonyl (C=O) groups excluding carboxylic acids is 1. The quantitative estimate of drug-likeness (QED) is 0.466. The van der Waals surface area contributed by atoms with Crippen molar-refractivity contribution >= 4 is 27.6 Å². The van der Waals surface area contributed by atoms with Crippen LogP contribution in [0.15, 0.2) is 47.4 Å². The van der Waals surface area contributed by atoms with Gasteiger partial charge in [-0.25, -0.2) is 0 Å². The molecule has 0 bridgehead atoms. The summed E-state index contributed by atoms with van der Waals surface area (Å²) in [5.41, 5.74) is 1.32. The SMILES string of the molecule is CC[C@H](C)N(Cc1cccc(OS(=O)(=O)c2c(C)cccc2Cl)c1)C(=O)CC(C)C. The topological polar surface area (TPSA) is 63.7 Å². The van der Waals surface area contributed by atoms with Crippen LogP contribution in [0.5, 0.6) is 5.75 Å². The number of benzene rings is 2. The molecule has 30 heavy (non-hydrogen) atoms. The number of rotatable bonds is 9. The second kappa shape index (κ2) is 10.3. The van der Waals surface area contributed by atoms with Crippen LogP contribution in [0.4, 0.5) is 0 Å². The summed E-state index contributed by atoms with van der Waals surface area (Å²) in [6.07, 6.45) is 1.31.